The summed E-state index contributed by atoms with van der Waals surface area (Å²) in [6.45, 7) is 11.1. The van der Waals surface area contributed by atoms with Crippen molar-refractivity contribution >= 4 is 15.9 Å². The van der Waals surface area contributed by atoms with Crippen LogP contribution in [-0.2, 0) is 14.8 Å². The summed E-state index contributed by atoms with van der Waals surface area (Å²) in [6, 6.07) is 9.80. The minimum absolute atomic E-state index is 0.0332. The lowest BCUT2D eigenvalue weighted by molar-refractivity contribution is -0.126. The first-order valence-electron chi connectivity index (χ1n) is 11.2. The van der Waals surface area contributed by atoms with Gasteiger partial charge in [-0.3, -0.25) is 4.79 Å². The average Bonchev–Trinajstić information content (AvgIpc) is 2.76. The number of nitrogens with zero attached hydrogens (tertiary/aromatic N) is 1. The summed E-state index contributed by atoms with van der Waals surface area (Å²) in [5.74, 6) is 0.604. The Morgan fingerprint density at radius 3 is 2.19 bits per heavy atom. The molecule has 32 heavy (non-hydrogen) atoms. The highest BCUT2D eigenvalue weighted by Gasteiger charge is 2.34. The van der Waals surface area contributed by atoms with Crippen LogP contribution < -0.4 is 10.1 Å². The summed E-state index contributed by atoms with van der Waals surface area (Å²) >= 11 is 0. The zero-order valence-electron chi connectivity index (χ0n) is 19.7. The lowest BCUT2D eigenvalue weighted by Crippen LogP contribution is -2.43. The second-order valence-corrected chi connectivity index (χ2v) is 10.5. The Morgan fingerprint density at radius 1 is 1.00 bits per heavy atom. The van der Waals surface area contributed by atoms with Gasteiger partial charge in [0.15, 0.2) is 0 Å². The molecule has 0 saturated carbocycles. The molecule has 7 heteroatoms. The van der Waals surface area contributed by atoms with E-state index in [1.165, 1.54) is 4.31 Å². The summed E-state index contributed by atoms with van der Waals surface area (Å²) in [5, 5.41) is 2.93. The van der Waals surface area contributed by atoms with Gasteiger partial charge in [-0.1, -0.05) is 24.3 Å². The van der Waals surface area contributed by atoms with E-state index in [1.807, 2.05) is 65.0 Å². The molecule has 0 aliphatic carbocycles. The minimum atomic E-state index is -3.59. The number of aryl methyl sites for hydroxylation is 3. The van der Waals surface area contributed by atoms with Gasteiger partial charge in [-0.25, -0.2) is 8.42 Å². The molecule has 1 fully saturated rings. The summed E-state index contributed by atoms with van der Waals surface area (Å²) < 4.78 is 34.0. The molecule has 0 spiro atoms. The van der Waals surface area contributed by atoms with E-state index in [2.05, 4.69) is 5.32 Å². The number of carbonyl (C=O) groups excluding carboxylic acids is 1. The highest BCUT2D eigenvalue weighted by molar-refractivity contribution is 7.89. The summed E-state index contributed by atoms with van der Waals surface area (Å²) in [6.07, 6.45) is 1.04. The van der Waals surface area contributed by atoms with Gasteiger partial charge < -0.3 is 10.1 Å². The highest BCUT2D eigenvalue weighted by atomic mass is 32.2. The summed E-state index contributed by atoms with van der Waals surface area (Å²) in [7, 11) is -3.59. The van der Waals surface area contributed by atoms with Gasteiger partial charge >= 0.3 is 0 Å². The number of hydrogen-bond acceptors (Lipinski definition) is 4. The van der Waals surface area contributed by atoms with Crippen LogP contribution in [0.3, 0.4) is 0 Å². The van der Waals surface area contributed by atoms with Gasteiger partial charge in [0.05, 0.1) is 11.4 Å². The van der Waals surface area contributed by atoms with Crippen molar-refractivity contribution in [2.24, 2.45) is 5.92 Å². The summed E-state index contributed by atoms with van der Waals surface area (Å²) in [5.41, 5.74) is 4.63. The van der Waals surface area contributed by atoms with E-state index in [1.54, 1.807) is 0 Å². The fourth-order valence-corrected chi connectivity index (χ4v) is 6.30. The number of para-hydroxylation sites is 1. The van der Waals surface area contributed by atoms with Gasteiger partial charge in [0.2, 0.25) is 15.9 Å². The van der Waals surface area contributed by atoms with Gasteiger partial charge in [0.25, 0.3) is 0 Å². The van der Waals surface area contributed by atoms with Crippen molar-refractivity contribution in [2.45, 2.75) is 52.4 Å². The fraction of sp³-hybridized carbons (Fsp3) is 0.480. The number of ether oxygens (including phenoxy) is 1. The standard InChI is InChI=1S/C25H34N2O4S/c1-17-8-6-7-9-23(17)31-15-12-26-25(28)22-10-13-27(14-11-22)32(29,30)24-20(4)18(2)16-19(3)21(24)5/h6-9,16,22H,10-15H2,1-5H3,(H,26,28). The third-order valence-corrected chi connectivity index (χ3v) is 8.65. The van der Waals surface area contributed by atoms with Crippen LogP contribution in [0.5, 0.6) is 5.75 Å². The normalized spacial score (nSPS) is 15.5. The molecule has 0 aromatic heterocycles. The van der Waals surface area contributed by atoms with Crippen molar-refractivity contribution < 1.29 is 17.9 Å². The maximum atomic E-state index is 13.4. The summed E-state index contributed by atoms with van der Waals surface area (Å²) in [4.78, 5) is 13.0. The Labute approximate surface area is 192 Å². The zero-order valence-corrected chi connectivity index (χ0v) is 20.5. The van der Waals surface area contributed by atoms with E-state index >= 15 is 0 Å². The van der Waals surface area contributed by atoms with Crippen molar-refractivity contribution in [3.63, 3.8) is 0 Å². The smallest absolute Gasteiger partial charge is 0.243 e. The van der Waals surface area contributed by atoms with Gasteiger partial charge in [0.1, 0.15) is 12.4 Å². The Bertz CT molecular complexity index is 1060. The van der Waals surface area contributed by atoms with Crippen LogP contribution in [0.2, 0.25) is 0 Å². The van der Waals surface area contributed by atoms with Crippen LogP contribution in [-0.4, -0.2) is 44.9 Å². The molecule has 0 atom stereocenters. The number of nitrogens with one attached hydrogen (secondary N) is 1. The van der Waals surface area contributed by atoms with Gasteiger partial charge in [-0.2, -0.15) is 4.31 Å². The second-order valence-electron chi connectivity index (χ2n) is 8.67. The predicted molar refractivity (Wildman–Crippen MR) is 127 cm³/mol. The maximum Gasteiger partial charge on any atom is 0.243 e. The minimum Gasteiger partial charge on any atom is -0.491 e. The Hall–Kier alpha value is -2.38. The van der Waals surface area contributed by atoms with Crippen molar-refractivity contribution in [1.82, 2.24) is 9.62 Å². The van der Waals surface area contributed by atoms with E-state index in [0.29, 0.717) is 44.0 Å². The second kappa shape index (κ2) is 10.0. The van der Waals surface area contributed by atoms with Crippen molar-refractivity contribution in [1.29, 1.82) is 0 Å². The fourth-order valence-electron chi connectivity index (χ4n) is 4.25. The van der Waals surface area contributed by atoms with Crippen LogP contribution >= 0.6 is 0 Å². The molecule has 1 saturated heterocycles. The molecule has 0 bridgehead atoms. The molecular formula is C25H34N2O4S. The van der Waals surface area contributed by atoms with Crippen LogP contribution in [0.1, 0.15) is 40.7 Å². The maximum absolute atomic E-state index is 13.4. The first kappa shape index (κ1) is 24.3. The van der Waals surface area contributed by atoms with E-state index < -0.39 is 10.0 Å². The van der Waals surface area contributed by atoms with Crippen molar-refractivity contribution in [2.75, 3.05) is 26.2 Å². The number of hydrogen-bond donors (Lipinski definition) is 1. The molecule has 1 heterocycles. The van der Waals surface area contributed by atoms with E-state index in [9.17, 15) is 13.2 Å². The lowest BCUT2D eigenvalue weighted by Gasteiger charge is -2.31. The van der Waals surface area contributed by atoms with Crippen LogP contribution in [0.4, 0.5) is 0 Å². The molecule has 1 amide bonds. The third-order valence-electron chi connectivity index (χ3n) is 6.47. The molecule has 0 unspecified atom stereocenters. The highest BCUT2D eigenvalue weighted by Crippen LogP contribution is 2.31. The molecule has 1 aliphatic heterocycles. The number of piperidine rings is 1. The van der Waals surface area contributed by atoms with Crippen LogP contribution in [0, 0.1) is 40.5 Å². The van der Waals surface area contributed by atoms with E-state index in [-0.39, 0.29) is 11.8 Å². The lowest BCUT2D eigenvalue weighted by atomic mass is 9.97. The topological polar surface area (TPSA) is 75.7 Å². The Balaban J connectivity index is 1.54. The Morgan fingerprint density at radius 2 is 1.59 bits per heavy atom. The molecule has 2 aromatic carbocycles. The molecule has 0 radical (unpaired) electrons. The van der Waals surface area contributed by atoms with Gasteiger partial charge in [0, 0.05) is 19.0 Å². The number of benzene rings is 2. The predicted octanol–water partition coefficient (Wildman–Crippen LogP) is 3.82. The van der Waals surface area contributed by atoms with Crippen molar-refractivity contribution in [3.8, 4) is 5.75 Å². The molecule has 1 N–H and O–H groups in total. The zero-order chi connectivity index (χ0) is 23.5. The van der Waals surface area contributed by atoms with Crippen molar-refractivity contribution in [3.05, 3.63) is 58.1 Å². The quantitative estimate of drug-likeness (QED) is 0.640. The third kappa shape index (κ3) is 5.15. The van der Waals surface area contributed by atoms with Gasteiger partial charge in [-0.05, 0) is 81.3 Å². The van der Waals surface area contributed by atoms with E-state index in [4.69, 9.17) is 4.74 Å². The SMILES string of the molecule is Cc1ccccc1OCCNC(=O)C1CCN(S(=O)(=O)c2c(C)c(C)cc(C)c2C)CC1. The average molecular weight is 459 g/mol. The number of sulfonamides is 1. The molecule has 2 aromatic rings. The van der Waals surface area contributed by atoms with Crippen LogP contribution in [0.15, 0.2) is 35.2 Å². The molecule has 3 rings (SSSR count). The number of carbonyl (C=O) groups is 1. The molecule has 1 aliphatic rings. The van der Waals surface area contributed by atoms with E-state index in [0.717, 1.165) is 33.6 Å². The number of amides is 1. The Kier molecular flexibility index (Phi) is 7.62. The van der Waals surface area contributed by atoms with Gasteiger partial charge in [-0.15, -0.1) is 0 Å². The molecular weight excluding hydrogens is 424 g/mol. The monoisotopic (exact) mass is 458 g/mol. The molecule has 6 nitrogen and oxygen atoms in total. The largest absolute Gasteiger partial charge is 0.491 e. The molecule has 174 valence electrons. The van der Waals surface area contributed by atoms with Crippen LogP contribution in [0.25, 0.3) is 0 Å². The first-order chi connectivity index (χ1) is 15.1. The first-order valence-corrected chi connectivity index (χ1v) is 12.6. The number of rotatable bonds is 7.